The fourth-order valence-corrected chi connectivity index (χ4v) is 14.6. The van der Waals surface area contributed by atoms with E-state index in [0.29, 0.717) is 39.4 Å². The van der Waals surface area contributed by atoms with Gasteiger partial charge in [-0.05, 0) is 194 Å². The topological polar surface area (TPSA) is 60.7 Å². The van der Waals surface area contributed by atoms with E-state index in [9.17, 15) is 15.3 Å². The van der Waals surface area contributed by atoms with Crippen LogP contribution in [0.15, 0.2) is 34.9 Å². The van der Waals surface area contributed by atoms with Crippen molar-refractivity contribution in [2.24, 2.45) is 63.1 Å². The maximum Gasteiger partial charge on any atom is 0.0623 e. The van der Waals surface area contributed by atoms with Crippen molar-refractivity contribution in [3.8, 4) is 0 Å². The SMILES string of the molecule is C.C.C/C=C1/CC[C@H]2[C@@H]3CC[C@H]4C[C@](C)(O)CC[C@]4(C)C3=CC[C@]12C.CC(O)[C@H]1CC[C@H]2[C@@H]3CC[C@H]4C[C@](C)(O)CC[C@]4(C)C3=CC[C@]12C. The maximum atomic E-state index is 10.6. The summed E-state index contributed by atoms with van der Waals surface area (Å²) in [6.07, 6.45) is 26.6. The van der Waals surface area contributed by atoms with Gasteiger partial charge in [0, 0.05) is 0 Å². The maximum absolute atomic E-state index is 10.6. The van der Waals surface area contributed by atoms with Crippen LogP contribution in [0.1, 0.15) is 173 Å². The van der Waals surface area contributed by atoms with Crippen LogP contribution in [0.4, 0.5) is 0 Å². The summed E-state index contributed by atoms with van der Waals surface area (Å²) in [4.78, 5) is 0. The lowest BCUT2D eigenvalue weighted by Crippen LogP contribution is -2.51. The Morgan fingerprint density at radius 2 is 1.16 bits per heavy atom. The average molecular weight is 679 g/mol. The summed E-state index contributed by atoms with van der Waals surface area (Å²) < 4.78 is 0. The fourth-order valence-electron chi connectivity index (χ4n) is 14.6. The Bertz CT molecular complexity index is 1320. The number of fused-ring (bicyclic) bond motifs is 10. The second-order valence-corrected chi connectivity index (χ2v) is 20.1. The zero-order valence-electron chi connectivity index (χ0n) is 31.5. The highest BCUT2D eigenvalue weighted by molar-refractivity contribution is 5.34. The normalized spacial score (nSPS) is 52.5. The van der Waals surface area contributed by atoms with Crippen molar-refractivity contribution in [1.29, 1.82) is 0 Å². The number of hydrogen-bond acceptors (Lipinski definition) is 3. The molecule has 6 fully saturated rings. The van der Waals surface area contributed by atoms with Crippen molar-refractivity contribution in [2.45, 2.75) is 190 Å². The van der Waals surface area contributed by atoms with E-state index in [-0.39, 0.29) is 21.0 Å². The molecule has 49 heavy (non-hydrogen) atoms. The Balaban J connectivity index is 0.000000184. The Morgan fingerprint density at radius 3 is 1.67 bits per heavy atom. The molecule has 0 amide bonds. The van der Waals surface area contributed by atoms with Gasteiger partial charge in [-0.3, -0.25) is 0 Å². The predicted octanol–water partition coefficient (Wildman–Crippen LogP) is 11.6. The summed E-state index contributed by atoms with van der Waals surface area (Å²) in [7, 11) is 0. The first-order chi connectivity index (χ1) is 22.0. The standard InChI is InChI=1S/C22H36O2.C22H34O.2CH4/c1-14(23)17-7-8-18-16-6-5-15-13-20(2,24)11-12-21(15,3)19(16)9-10-22(17,18)4;1-5-15-7-9-18-17-8-6-16-14-20(2,23)12-13-22(16,4)19(17)10-11-21(15,18)3;;/h9,14-18,23-24H,5-8,10-13H2,1-4H3;5,10,16-18,23H,6-9,11-14H2,1-4H3;2*1H4/b;15-5-;;/t14?,15-,16-,17+,18-,20+,21-,22+;16-,17-,18-,20+,21+,22-;;/m00../s1. The Kier molecular flexibility index (Phi) is 10.6. The molecule has 3 nitrogen and oxygen atoms in total. The van der Waals surface area contributed by atoms with Gasteiger partial charge in [-0.25, -0.2) is 0 Å². The molecular formula is C46H78O3. The molecular weight excluding hydrogens is 601 g/mol. The zero-order chi connectivity index (χ0) is 33.8. The highest BCUT2D eigenvalue weighted by atomic mass is 16.3. The Labute approximate surface area is 302 Å². The number of aliphatic hydroxyl groups excluding tert-OH is 1. The summed E-state index contributed by atoms with van der Waals surface area (Å²) >= 11 is 0. The minimum atomic E-state index is -0.453. The monoisotopic (exact) mass is 679 g/mol. The number of rotatable bonds is 1. The molecule has 0 aliphatic heterocycles. The summed E-state index contributed by atoms with van der Waals surface area (Å²) in [5.74, 6) is 5.00. The van der Waals surface area contributed by atoms with E-state index in [0.717, 1.165) is 62.2 Å². The van der Waals surface area contributed by atoms with E-state index in [1.165, 1.54) is 64.2 Å². The van der Waals surface area contributed by atoms with Gasteiger partial charge in [0.25, 0.3) is 0 Å². The van der Waals surface area contributed by atoms with Crippen LogP contribution in [-0.2, 0) is 0 Å². The van der Waals surface area contributed by atoms with Gasteiger partial charge in [0.1, 0.15) is 0 Å². The molecule has 8 rings (SSSR count). The van der Waals surface area contributed by atoms with Crippen LogP contribution in [0.25, 0.3) is 0 Å². The lowest BCUT2D eigenvalue weighted by atomic mass is 9.47. The molecule has 280 valence electrons. The third kappa shape index (κ3) is 6.12. The summed E-state index contributed by atoms with van der Waals surface area (Å²) in [5, 5.41) is 31.4. The van der Waals surface area contributed by atoms with Crippen molar-refractivity contribution in [2.75, 3.05) is 0 Å². The molecule has 3 N–H and O–H groups in total. The molecule has 14 atom stereocenters. The van der Waals surface area contributed by atoms with Crippen LogP contribution >= 0.6 is 0 Å². The van der Waals surface area contributed by atoms with E-state index in [2.05, 4.69) is 59.8 Å². The predicted molar refractivity (Wildman–Crippen MR) is 207 cm³/mol. The van der Waals surface area contributed by atoms with Gasteiger partial charge in [-0.15, -0.1) is 0 Å². The zero-order valence-corrected chi connectivity index (χ0v) is 31.5. The molecule has 0 aromatic rings. The largest absolute Gasteiger partial charge is 0.393 e. The second-order valence-electron chi connectivity index (χ2n) is 20.1. The lowest BCUT2D eigenvalue weighted by molar-refractivity contribution is -0.0664. The highest BCUT2D eigenvalue weighted by Crippen LogP contribution is 2.68. The van der Waals surface area contributed by atoms with Gasteiger partial charge >= 0.3 is 0 Å². The minimum absolute atomic E-state index is 0. The molecule has 0 aromatic carbocycles. The molecule has 0 radical (unpaired) electrons. The Morgan fingerprint density at radius 1 is 0.653 bits per heavy atom. The molecule has 0 saturated heterocycles. The molecule has 3 heteroatoms. The van der Waals surface area contributed by atoms with Gasteiger partial charge in [0.15, 0.2) is 0 Å². The van der Waals surface area contributed by atoms with Gasteiger partial charge in [-0.2, -0.15) is 0 Å². The van der Waals surface area contributed by atoms with Gasteiger partial charge < -0.3 is 15.3 Å². The summed E-state index contributed by atoms with van der Waals surface area (Å²) in [6.45, 7) is 18.3. The smallest absolute Gasteiger partial charge is 0.0623 e. The van der Waals surface area contributed by atoms with Crippen LogP contribution < -0.4 is 0 Å². The van der Waals surface area contributed by atoms with Crippen LogP contribution in [-0.4, -0.2) is 32.6 Å². The number of aliphatic hydroxyl groups is 3. The second kappa shape index (κ2) is 13.2. The van der Waals surface area contributed by atoms with Gasteiger partial charge in [0.05, 0.1) is 17.3 Å². The van der Waals surface area contributed by atoms with Crippen LogP contribution in [0, 0.1) is 63.1 Å². The summed E-state index contributed by atoms with van der Waals surface area (Å²) in [5.41, 5.74) is 5.79. The molecule has 0 spiro atoms. The quantitative estimate of drug-likeness (QED) is 0.242. The minimum Gasteiger partial charge on any atom is -0.393 e. The molecule has 1 unspecified atom stereocenters. The van der Waals surface area contributed by atoms with Crippen molar-refractivity contribution in [3.05, 3.63) is 34.9 Å². The van der Waals surface area contributed by atoms with Crippen LogP contribution in [0.5, 0.6) is 0 Å². The van der Waals surface area contributed by atoms with E-state index in [4.69, 9.17) is 0 Å². The average Bonchev–Trinajstić information content (AvgIpc) is 3.54. The van der Waals surface area contributed by atoms with Crippen molar-refractivity contribution in [3.63, 3.8) is 0 Å². The first-order valence-corrected chi connectivity index (χ1v) is 20.2. The lowest BCUT2D eigenvalue weighted by Gasteiger charge is -2.58. The third-order valence-corrected chi connectivity index (χ3v) is 17.5. The van der Waals surface area contributed by atoms with Crippen molar-refractivity contribution >= 4 is 0 Å². The molecule has 0 aromatic heterocycles. The van der Waals surface area contributed by atoms with Crippen LogP contribution in [0.2, 0.25) is 0 Å². The fraction of sp³-hybridized carbons (Fsp3) is 0.870. The molecule has 8 aliphatic carbocycles. The van der Waals surface area contributed by atoms with E-state index < -0.39 is 11.2 Å². The van der Waals surface area contributed by atoms with Crippen molar-refractivity contribution in [1.82, 2.24) is 0 Å². The van der Waals surface area contributed by atoms with E-state index in [1.54, 1.807) is 16.7 Å². The number of hydrogen-bond donors (Lipinski definition) is 3. The first kappa shape index (κ1) is 39.3. The summed E-state index contributed by atoms with van der Waals surface area (Å²) in [6, 6.07) is 0. The van der Waals surface area contributed by atoms with Gasteiger partial charge in [-0.1, -0.05) is 77.5 Å². The van der Waals surface area contributed by atoms with E-state index >= 15 is 0 Å². The number of allylic oxidation sites excluding steroid dienone is 6. The third-order valence-electron chi connectivity index (χ3n) is 17.5. The van der Waals surface area contributed by atoms with E-state index in [1.807, 2.05) is 13.8 Å². The molecule has 0 heterocycles. The first-order valence-electron chi connectivity index (χ1n) is 20.2. The Hall–Kier alpha value is -0.900. The van der Waals surface area contributed by atoms with Gasteiger partial charge in [0.2, 0.25) is 0 Å². The van der Waals surface area contributed by atoms with Crippen molar-refractivity contribution < 1.29 is 15.3 Å². The molecule has 0 bridgehead atoms. The molecule has 6 saturated carbocycles. The molecule has 8 aliphatic rings. The van der Waals surface area contributed by atoms with Crippen LogP contribution in [0.3, 0.4) is 0 Å². The highest BCUT2D eigenvalue weighted by Gasteiger charge is 2.59.